The summed E-state index contributed by atoms with van der Waals surface area (Å²) in [7, 11) is 0. The van der Waals surface area contributed by atoms with E-state index in [0.29, 0.717) is 11.4 Å². The molecule has 1 aromatic heterocycles. The highest BCUT2D eigenvalue weighted by molar-refractivity contribution is 7.09. The second-order valence-electron chi connectivity index (χ2n) is 5.33. The van der Waals surface area contributed by atoms with Gasteiger partial charge in [0.2, 0.25) is 0 Å². The van der Waals surface area contributed by atoms with E-state index in [2.05, 4.69) is 4.98 Å². The molecular formula is C18H18N2O3S. The lowest BCUT2D eigenvalue weighted by atomic mass is 9.97. The van der Waals surface area contributed by atoms with Crippen LogP contribution in [0.5, 0.6) is 0 Å². The number of hydrogen-bond donors (Lipinski definition) is 0. The second-order valence-corrected chi connectivity index (χ2v) is 6.22. The van der Waals surface area contributed by atoms with Crippen LogP contribution in [-0.4, -0.2) is 23.3 Å². The van der Waals surface area contributed by atoms with Crippen molar-refractivity contribution in [1.82, 2.24) is 4.98 Å². The van der Waals surface area contributed by atoms with Gasteiger partial charge >= 0.3 is 5.97 Å². The van der Waals surface area contributed by atoms with Gasteiger partial charge in [0.1, 0.15) is 5.01 Å². The molecule has 0 aliphatic carbocycles. The van der Waals surface area contributed by atoms with Crippen molar-refractivity contribution in [3.05, 3.63) is 52.0 Å². The van der Waals surface area contributed by atoms with Crippen LogP contribution in [0.2, 0.25) is 0 Å². The monoisotopic (exact) mass is 342 g/mol. The molecule has 0 radical (unpaired) electrons. The fourth-order valence-electron chi connectivity index (χ4n) is 2.32. The van der Waals surface area contributed by atoms with E-state index in [-0.39, 0.29) is 0 Å². The summed E-state index contributed by atoms with van der Waals surface area (Å²) in [6.07, 6.45) is 0.574. The molecule has 6 heteroatoms. The molecule has 0 spiro atoms. The summed E-state index contributed by atoms with van der Waals surface area (Å²) in [5.41, 5.74) is 1.61. The maximum atomic E-state index is 12.3. The number of nitriles is 1. The lowest BCUT2D eigenvalue weighted by molar-refractivity contribution is -0.149. The molecule has 0 aliphatic heterocycles. The smallest absolute Gasteiger partial charge is 0.313 e. The van der Waals surface area contributed by atoms with Gasteiger partial charge in [-0.3, -0.25) is 9.59 Å². The summed E-state index contributed by atoms with van der Waals surface area (Å²) in [6, 6.07) is 11.2. The fourth-order valence-corrected chi connectivity index (χ4v) is 3.18. The highest BCUT2D eigenvalue weighted by Crippen LogP contribution is 2.23. The van der Waals surface area contributed by atoms with Gasteiger partial charge in [-0.25, -0.2) is 4.98 Å². The third-order valence-electron chi connectivity index (χ3n) is 3.59. The zero-order chi connectivity index (χ0) is 17.5. The molecule has 0 aliphatic rings. The number of carbonyl (C=O) groups is 2. The number of aromatic nitrogens is 1. The van der Waals surface area contributed by atoms with Crippen LogP contribution >= 0.6 is 11.3 Å². The Kier molecular flexibility index (Phi) is 6.21. The molecule has 1 aromatic carbocycles. The Morgan fingerprint density at radius 2 is 2.04 bits per heavy atom. The Labute approximate surface area is 144 Å². The maximum Gasteiger partial charge on any atom is 0.313 e. The van der Waals surface area contributed by atoms with E-state index in [4.69, 9.17) is 4.74 Å². The SMILES string of the molecule is CC[C@H](C(=O)OCC(=O)[C@H](C#N)c1nc(C)cs1)c1ccccc1. The lowest BCUT2D eigenvalue weighted by Crippen LogP contribution is -2.23. The molecular weight excluding hydrogens is 324 g/mol. The fraction of sp³-hybridized carbons (Fsp3) is 0.333. The van der Waals surface area contributed by atoms with Gasteiger partial charge in [0, 0.05) is 11.1 Å². The first kappa shape index (κ1) is 17.8. The van der Waals surface area contributed by atoms with Gasteiger partial charge in [0.15, 0.2) is 18.3 Å². The number of aryl methyl sites for hydroxylation is 1. The maximum absolute atomic E-state index is 12.3. The zero-order valence-electron chi connectivity index (χ0n) is 13.6. The summed E-state index contributed by atoms with van der Waals surface area (Å²) in [6.45, 7) is 3.26. The predicted octanol–water partition coefficient (Wildman–Crippen LogP) is 3.36. The molecule has 2 rings (SSSR count). The van der Waals surface area contributed by atoms with Gasteiger partial charge in [-0.05, 0) is 18.9 Å². The second kappa shape index (κ2) is 8.37. The number of esters is 1. The largest absolute Gasteiger partial charge is 0.457 e. The van der Waals surface area contributed by atoms with Crippen molar-refractivity contribution in [2.45, 2.75) is 32.1 Å². The molecule has 124 valence electrons. The van der Waals surface area contributed by atoms with Crippen LogP contribution in [0.3, 0.4) is 0 Å². The van der Waals surface area contributed by atoms with Gasteiger partial charge in [-0.15, -0.1) is 11.3 Å². The van der Waals surface area contributed by atoms with Crippen molar-refractivity contribution in [3.63, 3.8) is 0 Å². The van der Waals surface area contributed by atoms with Crippen molar-refractivity contribution >= 4 is 23.1 Å². The summed E-state index contributed by atoms with van der Waals surface area (Å²) in [4.78, 5) is 28.6. The Bertz CT molecular complexity index is 749. The van der Waals surface area contributed by atoms with E-state index in [1.165, 1.54) is 11.3 Å². The van der Waals surface area contributed by atoms with E-state index in [1.54, 1.807) is 12.3 Å². The third-order valence-corrected chi connectivity index (χ3v) is 4.61. The highest BCUT2D eigenvalue weighted by atomic mass is 32.1. The van der Waals surface area contributed by atoms with Crippen molar-refractivity contribution in [2.24, 2.45) is 0 Å². The molecule has 2 atom stereocenters. The quantitative estimate of drug-likeness (QED) is 0.721. The Balaban J connectivity index is 1.99. The van der Waals surface area contributed by atoms with Crippen LogP contribution in [0.15, 0.2) is 35.7 Å². The summed E-state index contributed by atoms with van der Waals surface area (Å²) in [5.74, 6) is -2.32. The lowest BCUT2D eigenvalue weighted by Gasteiger charge is -2.14. The molecule has 0 fully saturated rings. The molecule has 5 nitrogen and oxygen atoms in total. The third kappa shape index (κ3) is 4.27. The summed E-state index contributed by atoms with van der Waals surface area (Å²) < 4.78 is 5.16. The first-order valence-corrected chi connectivity index (χ1v) is 8.50. The van der Waals surface area contributed by atoms with Gasteiger partial charge < -0.3 is 4.74 Å². The van der Waals surface area contributed by atoms with Crippen LogP contribution in [0, 0.1) is 18.3 Å². The van der Waals surface area contributed by atoms with Gasteiger partial charge in [-0.2, -0.15) is 5.26 Å². The van der Waals surface area contributed by atoms with Crippen LogP contribution in [0.25, 0.3) is 0 Å². The Morgan fingerprint density at radius 1 is 1.33 bits per heavy atom. The van der Waals surface area contributed by atoms with Gasteiger partial charge in [0.25, 0.3) is 0 Å². The Morgan fingerprint density at radius 3 is 2.58 bits per heavy atom. The molecule has 0 bridgehead atoms. The predicted molar refractivity (Wildman–Crippen MR) is 90.6 cm³/mol. The van der Waals surface area contributed by atoms with Crippen molar-refractivity contribution in [3.8, 4) is 6.07 Å². The van der Waals surface area contributed by atoms with Crippen LogP contribution < -0.4 is 0 Å². The van der Waals surface area contributed by atoms with Crippen LogP contribution in [0.1, 0.15) is 41.4 Å². The molecule has 24 heavy (non-hydrogen) atoms. The zero-order valence-corrected chi connectivity index (χ0v) is 14.4. The minimum atomic E-state index is -0.992. The number of hydrogen-bond acceptors (Lipinski definition) is 6. The van der Waals surface area contributed by atoms with E-state index >= 15 is 0 Å². The average molecular weight is 342 g/mol. The average Bonchev–Trinajstić information content (AvgIpc) is 3.01. The van der Waals surface area contributed by atoms with Crippen molar-refractivity contribution in [1.29, 1.82) is 5.26 Å². The molecule has 2 aromatic rings. The first-order chi connectivity index (χ1) is 11.6. The molecule has 0 saturated heterocycles. The number of benzene rings is 1. The van der Waals surface area contributed by atoms with E-state index < -0.39 is 30.2 Å². The number of thiazole rings is 1. The standard InChI is InChI=1S/C18H18N2O3S/c1-3-14(13-7-5-4-6-8-13)18(22)23-10-16(21)15(9-19)17-20-12(2)11-24-17/h4-8,11,14-15H,3,10H2,1-2H3/t14-,15-/m0/s1. The van der Waals surface area contributed by atoms with E-state index in [9.17, 15) is 14.9 Å². The molecule has 0 N–H and O–H groups in total. The molecule has 0 unspecified atom stereocenters. The molecule has 0 amide bonds. The topological polar surface area (TPSA) is 80.0 Å². The normalized spacial score (nSPS) is 12.9. The number of Topliss-reactive ketones (excluding diaryl/α,β-unsaturated/α-hetero) is 1. The van der Waals surface area contributed by atoms with Crippen LogP contribution in [0.4, 0.5) is 0 Å². The number of ether oxygens (including phenoxy) is 1. The number of carbonyl (C=O) groups excluding carboxylic acids is 2. The first-order valence-electron chi connectivity index (χ1n) is 7.62. The number of nitrogens with zero attached hydrogens (tertiary/aromatic N) is 2. The highest BCUT2D eigenvalue weighted by Gasteiger charge is 2.26. The van der Waals surface area contributed by atoms with E-state index in [1.807, 2.05) is 43.3 Å². The minimum Gasteiger partial charge on any atom is -0.457 e. The van der Waals surface area contributed by atoms with Gasteiger partial charge in [0.05, 0.1) is 12.0 Å². The van der Waals surface area contributed by atoms with Crippen molar-refractivity contribution < 1.29 is 14.3 Å². The Hall–Kier alpha value is -2.52. The van der Waals surface area contributed by atoms with E-state index in [0.717, 1.165) is 11.3 Å². The molecule has 0 saturated carbocycles. The van der Waals surface area contributed by atoms with Gasteiger partial charge in [-0.1, -0.05) is 37.3 Å². The minimum absolute atomic E-state index is 0.415. The van der Waals surface area contributed by atoms with Crippen molar-refractivity contribution in [2.75, 3.05) is 6.61 Å². The number of rotatable bonds is 7. The number of ketones is 1. The molecule has 1 heterocycles. The summed E-state index contributed by atoms with van der Waals surface area (Å²) >= 11 is 1.26. The van der Waals surface area contributed by atoms with Crippen LogP contribution in [-0.2, 0) is 14.3 Å². The summed E-state index contributed by atoms with van der Waals surface area (Å²) in [5, 5.41) is 11.4.